The Labute approximate surface area is 290 Å². The van der Waals surface area contributed by atoms with Crippen molar-refractivity contribution in [1.82, 2.24) is 4.90 Å². The van der Waals surface area contributed by atoms with Gasteiger partial charge in [0.1, 0.15) is 24.6 Å². The average Bonchev–Trinajstić information content (AvgIpc) is 3.12. The molecule has 0 spiro atoms. The second-order valence-electron chi connectivity index (χ2n) is 11.2. The number of aliphatic carboxylic acids is 1. The van der Waals surface area contributed by atoms with E-state index in [1.54, 1.807) is 99.0 Å². The Balaban J connectivity index is 1.51. The molecule has 13 nitrogen and oxygen atoms in total. The summed E-state index contributed by atoms with van der Waals surface area (Å²) in [4.78, 5) is 69.7. The normalized spacial score (nSPS) is 10.4. The number of hydrogen-bond acceptors (Lipinski definition) is 7. The summed E-state index contributed by atoms with van der Waals surface area (Å²) in [6.07, 6.45) is -0.214. The fourth-order valence-electron chi connectivity index (χ4n) is 4.90. The van der Waals surface area contributed by atoms with E-state index < -0.39 is 30.4 Å². The summed E-state index contributed by atoms with van der Waals surface area (Å²) >= 11 is 0. The van der Waals surface area contributed by atoms with E-state index in [4.69, 9.17) is 14.6 Å². The number of ether oxygens (including phenoxy) is 2. The molecule has 0 aliphatic carbocycles. The smallest absolute Gasteiger partial charge is 0.322 e. The first kappa shape index (κ1) is 36.5. The van der Waals surface area contributed by atoms with Crippen LogP contribution in [0.2, 0.25) is 0 Å². The largest absolute Gasteiger partial charge is 0.495 e. The number of carbonyl (C=O) groups excluding carboxylic acids is 4. The van der Waals surface area contributed by atoms with Crippen molar-refractivity contribution in [2.75, 3.05) is 68.0 Å². The zero-order valence-corrected chi connectivity index (χ0v) is 28.2. The van der Waals surface area contributed by atoms with Gasteiger partial charge in [-0.05, 0) is 54.1 Å². The number of amides is 5. The van der Waals surface area contributed by atoms with Gasteiger partial charge in [0.25, 0.3) is 5.91 Å². The molecular weight excluding hydrogens is 642 g/mol. The standard InChI is InChI=1S/C37H39N5O8/c1-39(37(48)38-27-13-10-12-26(20-27)21-36(46)47)23-34(44)42(24-33(43)40(2)28-14-6-5-7-15-28)29-16-11-17-30(22-29)50-25-35(45)41(3)31-18-8-9-19-32(31)49-4/h5-20,22H,21,23-25H2,1-4H3,(H,38,48)(H,46,47). The highest BCUT2D eigenvalue weighted by atomic mass is 16.5. The molecule has 0 bridgehead atoms. The molecule has 260 valence electrons. The average molecular weight is 682 g/mol. The Kier molecular flexibility index (Phi) is 12.5. The minimum Gasteiger partial charge on any atom is -0.495 e. The fraction of sp³-hybridized carbons (Fsp3) is 0.216. The summed E-state index contributed by atoms with van der Waals surface area (Å²) in [6, 6.07) is 28.2. The van der Waals surface area contributed by atoms with E-state index in [2.05, 4.69) is 5.32 Å². The maximum atomic E-state index is 13.8. The van der Waals surface area contributed by atoms with Crippen LogP contribution < -0.4 is 29.5 Å². The molecule has 0 radical (unpaired) electrons. The molecule has 4 aromatic rings. The Morgan fingerprint density at radius 2 is 1.38 bits per heavy atom. The van der Waals surface area contributed by atoms with Crippen LogP contribution in [0, 0.1) is 0 Å². The van der Waals surface area contributed by atoms with Crippen molar-refractivity contribution in [3.63, 3.8) is 0 Å². The highest BCUT2D eigenvalue weighted by Gasteiger charge is 2.25. The number of nitrogens with zero attached hydrogens (tertiary/aromatic N) is 4. The van der Waals surface area contributed by atoms with Crippen molar-refractivity contribution in [1.29, 1.82) is 0 Å². The van der Waals surface area contributed by atoms with Crippen molar-refractivity contribution in [2.24, 2.45) is 0 Å². The van der Waals surface area contributed by atoms with Crippen LogP contribution in [-0.4, -0.2) is 87.7 Å². The van der Waals surface area contributed by atoms with Gasteiger partial charge in [0, 0.05) is 44.3 Å². The number of carboxylic acids is 1. The van der Waals surface area contributed by atoms with Gasteiger partial charge in [-0.25, -0.2) is 4.79 Å². The predicted molar refractivity (Wildman–Crippen MR) is 190 cm³/mol. The van der Waals surface area contributed by atoms with E-state index in [0.29, 0.717) is 34.1 Å². The molecule has 5 amide bonds. The van der Waals surface area contributed by atoms with Crippen LogP contribution >= 0.6 is 0 Å². The second kappa shape index (κ2) is 17.2. The maximum absolute atomic E-state index is 13.8. The Bertz CT molecular complexity index is 1830. The van der Waals surface area contributed by atoms with Gasteiger partial charge < -0.3 is 39.5 Å². The van der Waals surface area contributed by atoms with E-state index in [-0.39, 0.29) is 31.2 Å². The summed E-state index contributed by atoms with van der Waals surface area (Å²) < 4.78 is 11.2. The van der Waals surface area contributed by atoms with Gasteiger partial charge in [-0.15, -0.1) is 0 Å². The fourth-order valence-corrected chi connectivity index (χ4v) is 4.90. The molecule has 0 saturated carbocycles. The lowest BCUT2D eigenvalue weighted by molar-refractivity contribution is -0.136. The molecular formula is C37H39N5O8. The maximum Gasteiger partial charge on any atom is 0.322 e. The van der Waals surface area contributed by atoms with Gasteiger partial charge in [-0.3, -0.25) is 19.2 Å². The van der Waals surface area contributed by atoms with Crippen LogP contribution in [-0.2, 0) is 25.6 Å². The zero-order valence-electron chi connectivity index (χ0n) is 28.2. The highest BCUT2D eigenvalue weighted by molar-refractivity contribution is 6.05. The van der Waals surface area contributed by atoms with Gasteiger partial charge in [0.05, 0.1) is 19.2 Å². The number of rotatable bonds is 14. The van der Waals surface area contributed by atoms with Crippen LogP contribution in [0.1, 0.15) is 5.56 Å². The first-order valence-electron chi connectivity index (χ1n) is 15.5. The number of carboxylic acid groups (broad SMARTS) is 1. The van der Waals surface area contributed by atoms with Gasteiger partial charge in [-0.1, -0.05) is 48.5 Å². The number of carbonyl (C=O) groups is 5. The number of para-hydroxylation sites is 3. The molecule has 0 atom stereocenters. The first-order valence-corrected chi connectivity index (χ1v) is 15.5. The number of urea groups is 1. The molecule has 4 rings (SSSR count). The Morgan fingerprint density at radius 3 is 2.10 bits per heavy atom. The van der Waals surface area contributed by atoms with Crippen LogP contribution in [0.4, 0.5) is 27.5 Å². The van der Waals surface area contributed by atoms with Crippen LogP contribution in [0.3, 0.4) is 0 Å². The Hall–Kier alpha value is -6.37. The van der Waals surface area contributed by atoms with Crippen LogP contribution in [0.15, 0.2) is 103 Å². The van der Waals surface area contributed by atoms with Crippen molar-refractivity contribution in [3.8, 4) is 11.5 Å². The summed E-state index contributed by atoms with van der Waals surface area (Å²) in [7, 11) is 6.14. The van der Waals surface area contributed by atoms with Crippen molar-refractivity contribution < 1.29 is 38.6 Å². The van der Waals surface area contributed by atoms with Gasteiger partial charge in [-0.2, -0.15) is 0 Å². The lowest BCUT2D eigenvalue weighted by Gasteiger charge is -2.28. The van der Waals surface area contributed by atoms with E-state index >= 15 is 0 Å². The summed E-state index contributed by atoms with van der Waals surface area (Å²) in [5, 5.41) is 11.8. The quantitative estimate of drug-likeness (QED) is 0.197. The van der Waals surface area contributed by atoms with Gasteiger partial charge in [0.15, 0.2) is 6.61 Å². The van der Waals surface area contributed by atoms with Crippen LogP contribution in [0.5, 0.6) is 11.5 Å². The molecule has 13 heteroatoms. The second-order valence-corrected chi connectivity index (χ2v) is 11.2. The van der Waals surface area contributed by atoms with Crippen LogP contribution in [0.25, 0.3) is 0 Å². The third-order valence-corrected chi connectivity index (χ3v) is 7.68. The summed E-state index contributed by atoms with van der Waals surface area (Å²) in [5.74, 6) is -1.53. The van der Waals surface area contributed by atoms with E-state index in [0.717, 1.165) is 4.90 Å². The van der Waals surface area contributed by atoms with E-state index in [1.807, 2.05) is 6.07 Å². The third-order valence-electron chi connectivity index (χ3n) is 7.68. The zero-order chi connectivity index (χ0) is 36.2. The SMILES string of the molecule is COc1ccccc1N(C)C(=O)COc1cccc(N(CC(=O)N(C)c2ccccc2)C(=O)CN(C)C(=O)Nc2cccc(CC(=O)O)c2)c1. The lowest BCUT2D eigenvalue weighted by Crippen LogP contribution is -2.47. The number of likely N-dealkylation sites (N-methyl/N-ethyl adjacent to an activating group) is 3. The molecule has 0 unspecified atom stereocenters. The first-order chi connectivity index (χ1) is 24.0. The molecule has 0 saturated heterocycles. The van der Waals surface area contributed by atoms with Crippen molar-refractivity contribution >= 4 is 52.5 Å². The van der Waals surface area contributed by atoms with E-state index in [1.165, 1.54) is 41.0 Å². The Morgan fingerprint density at radius 1 is 0.700 bits per heavy atom. The molecule has 2 N–H and O–H groups in total. The number of hydrogen-bond donors (Lipinski definition) is 2. The molecule has 4 aromatic carbocycles. The van der Waals surface area contributed by atoms with E-state index in [9.17, 15) is 24.0 Å². The molecule has 0 fully saturated rings. The third kappa shape index (κ3) is 9.83. The monoisotopic (exact) mass is 681 g/mol. The predicted octanol–water partition coefficient (Wildman–Crippen LogP) is 4.52. The topological polar surface area (TPSA) is 149 Å². The molecule has 0 aliphatic heterocycles. The molecule has 50 heavy (non-hydrogen) atoms. The molecule has 0 aliphatic rings. The minimum atomic E-state index is -1.01. The molecule has 0 aromatic heterocycles. The number of benzene rings is 4. The number of anilines is 4. The lowest BCUT2D eigenvalue weighted by atomic mass is 10.1. The van der Waals surface area contributed by atoms with Gasteiger partial charge >= 0.3 is 12.0 Å². The molecule has 0 heterocycles. The summed E-state index contributed by atoms with van der Waals surface area (Å²) in [6.45, 7) is -1.09. The van der Waals surface area contributed by atoms with Crippen molar-refractivity contribution in [2.45, 2.75) is 6.42 Å². The number of methoxy groups -OCH3 is 1. The highest BCUT2D eigenvalue weighted by Crippen LogP contribution is 2.27. The summed E-state index contributed by atoms with van der Waals surface area (Å²) in [5.41, 5.74) is 2.36. The minimum absolute atomic E-state index is 0.214. The van der Waals surface area contributed by atoms with Gasteiger partial charge in [0.2, 0.25) is 11.8 Å². The van der Waals surface area contributed by atoms with Crippen molar-refractivity contribution in [3.05, 3.63) is 109 Å². The number of nitrogens with one attached hydrogen (secondary N) is 1.